The summed E-state index contributed by atoms with van der Waals surface area (Å²) >= 11 is 0. The maximum atomic E-state index is 13.6. The normalized spacial score (nSPS) is 33.4. The van der Waals surface area contributed by atoms with Gasteiger partial charge in [0.05, 0.1) is 46.4 Å². The molecule has 0 aromatic heterocycles. The molecule has 3 heterocycles. The molecule has 0 saturated carbocycles. The Labute approximate surface area is 198 Å². The van der Waals surface area contributed by atoms with E-state index in [-0.39, 0.29) is 10.7 Å². The van der Waals surface area contributed by atoms with Crippen LogP contribution < -0.4 is 4.90 Å². The average molecular weight is 495 g/mol. The lowest BCUT2D eigenvalue weighted by atomic mass is 9.67. The Bertz CT molecular complexity index is 1120. The number of benzene rings is 1. The molecule has 3 unspecified atom stereocenters. The van der Waals surface area contributed by atoms with Crippen molar-refractivity contribution in [3.63, 3.8) is 0 Å². The first-order valence-electron chi connectivity index (χ1n) is 11.2. The van der Waals surface area contributed by atoms with Crippen LogP contribution in [0.15, 0.2) is 18.2 Å². The van der Waals surface area contributed by atoms with Crippen LogP contribution in [-0.2, 0) is 24.9 Å². The van der Waals surface area contributed by atoms with Crippen molar-refractivity contribution in [2.24, 2.45) is 11.8 Å². The van der Waals surface area contributed by atoms with E-state index in [4.69, 9.17) is 14.4 Å². The van der Waals surface area contributed by atoms with Crippen LogP contribution in [0.2, 0.25) is 18.1 Å². The van der Waals surface area contributed by atoms with Crippen LogP contribution in [0.5, 0.6) is 0 Å². The summed E-state index contributed by atoms with van der Waals surface area (Å²) in [5, 5.41) is 8.99. The van der Waals surface area contributed by atoms with Crippen LogP contribution in [0.1, 0.15) is 52.2 Å². The molecule has 3 aliphatic rings. The zero-order chi connectivity index (χ0) is 25.6. The van der Waals surface area contributed by atoms with Gasteiger partial charge in [0.15, 0.2) is 8.32 Å². The highest BCUT2D eigenvalue weighted by Gasteiger charge is 2.76. The summed E-state index contributed by atoms with van der Waals surface area (Å²) in [5.41, 5.74) is -3.98. The molecule has 1 aromatic rings. The van der Waals surface area contributed by atoms with Crippen LogP contribution in [0.4, 0.5) is 18.9 Å². The Morgan fingerprint density at radius 2 is 1.74 bits per heavy atom. The SMILES string of the molecule is CC12C[C@@H](O[Si](C)(C)C(C)(C)C)C(C)(O1)[C@@H]1C(=O)N(c3ccc(C#N)c(C(F)(F)F)c3)C(=O)C12. The molecule has 2 amide bonds. The fourth-order valence-corrected chi connectivity index (χ4v) is 6.83. The molecule has 1 aromatic carbocycles. The number of imide groups is 1. The Balaban J connectivity index is 1.73. The monoisotopic (exact) mass is 494 g/mol. The number of hydrogen-bond acceptors (Lipinski definition) is 5. The van der Waals surface area contributed by atoms with Crippen molar-refractivity contribution in [3.8, 4) is 6.07 Å². The molecule has 6 nitrogen and oxygen atoms in total. The lowest BCUT2D eigenvalue weighted by molar-refractivity contribution is -0.138. The van der Waals surface area contributed by atoms with Crippen molar-refractivity contribution in [1.82, 2.24) is 0 Å². The Morgan fingerprint density at radius 3 is 2.26 bits per heavy atom. The first-order chi connectivity index (χ1) is 15.4. The van der Waals surface area contributed by atoms with Gasteiger partial charge in [-0.15, -0.1) is 0 Å². The highest BCUT2D eigenvalue weighted by atomic mass is 28.4. The maximum Gasteiger partial charge on any atom is 0.417 e. The largest absolute Gasteiger partial charge is 0.417 e. The third-order valence-electron chi connectivity index (χ3n) is 8.19. The number of alkyl halides is 3. The minimum absolute atomic E-state index is 0.0798. The van der Waals surface area contributed by atoms with Crippen LogP contribution in [0, 0.1) is 23.2 Å². The number of amides is 2. The lowest BCUT2D eigenvalue weighted by Gasteiger charge is -2.44. The average Bonchev–Trinajstić information content (AvgIpc) is 3.20. The van der Waals surface area contributed by atoms with Gasteiger partial charge in [0.25, 0.3) is 0 Å². The van der Waals surface area contributed by atoms with E-state index in [9.17, 15) is 22.8 Å². The Morgan fingerprint density at radius 1 is 1.15 bits per heavy atom. The molecule has 2 bridgehead atoms. The first-order valence-corrected chi connectivity index (χ1v) is 14.2. The van der Waals surface area contributed by atoms with E-state index in [0.29, 0.717) is 12.5 Å². The number of fused-ring (bicyclic) bond motifs is 5. The van der Waals surface area contributed by atoms with Crippen molar-refractivity contribution in [2.75, 3.05) is 4.90 Å². The molecule has 0 N–H and O–H groups in total. The van der Waals surface area contributed by atoms with Crippen molar-refractivity contribution in [1.29, 1.82) is 5.26 Å². The van der Waals surface area contributed by atoms with Gasteiger partial charge >= 0.3 is 6.18 Å². The summed E-state index contributed by atoms with van der Waals surface area (Å²) in [7, 11) is -2.24. The van der Waals surface area contributed by atoms with E-state index < -0.39 is 66.6 Å². The Kier molecular flexibility index (Phi) is 5.23. The molecule has 0 spiro atoms. The summed E-state index contributed by atoms with van der Waals surface area (Å²) in [6.45, 7) is 14.1. The molecule has 3 saturated heterocycles. The molecule has 184 valence electrons. The van der Waals surface area contributed by atoms with E-state index in [1.165, 1.54) is 12.1 Å². The quantitative estimate of drug-likeness (QED) is 0.435. The molecule has 10 heteroatoms. The fourth-order valence-electron chi connectivity index (χ4n) is 5.45. The molecule has 3 aliphatic heterocycles. The predicted octanol–water partition coefficient (Wildman–Crippen LogP) is 5.02. The van der Waals surface area contributed by atoms with E-state index >= 15 is 0 Å². The number of carbonyl (C=O) groups is 2. The van der Waals surface area contributed by atoms with Gasteiger partial charge in [-0.25, -0.2) is 4.90 Å². The summed E-state index contributed by atoms with van der Waals surface area (Å²) in [4.78, 5) is 27.9. The fraction of sp³-hybridized carbons (Fsp3) is 0.625. The van der Waals surface area contributed by atoms with E-state index in [1.807, 2.05) is 0 Å². The number of nitrogens with zero attached hydrogens (tertiary/aromatic N) is 2. The standard InChI is InChI=1S/C24H29F3N2O4Si/c1-21(2,3)34(6,7)32-16-11-22(4)17-18(23(16,5)33-22)20(31)29(19(17)30)14-9-8-13(12-28)15(10-14)24(25,26)27/h8-10,16-18H,11H2,1-7H3/t16-,17?,18+,22?,23?/m1/s1. The molecule has 0 radical (unpaired) electrons. The van der Waals surface area contributed by atoms with Crippen LogP contribution in [0.3, 0.4) is 0 Å². The zero-order valence-corrected chi connectivity index (χ0v) is 21.3. The second-order valence-electron chi connectivity index (χ2n) is 11.5. The number of carbonyl (C=O) groups excluding carboxylic acids is 2. The van der Waals surface area contributed by atoms with E-state index in [2.05, 4.69) is 33.9 Å². The van der Waals surface area contributed by atoms with Crippen LogP contribution in [0.25, 0.3) is 0 Å². The van der Waals surface area contributed by atoms with Gasteiger partial charge in [-0.05, 0) is 50.2 Å². The summed E-state index contributed by atoms with van der Waals surface area (Å²) in [6, 6.07) is 4.42. The number of anilines is 1. The minimum Gasteiger partial charge on any atom is -0.411 e. The lowest BCUT2D eigenvalue weighted by Crippen LogP contribution is -2.55. The van der Waals surface area contributed by atoms with Crippen molar-refractivity contribution in [2.45, 2.75) is 82.7 Å². The minimum atomic E-state index is -4.80. The third kappa shape index (κ3) is 3.35. The molecular formula is C24H29F3N2O4Si. The van der Waals surface area contributed by atoms with E-state index in [1.54, 1.807) is 13.8 Å². The second kappa shape index (κ2) is 7.15. The van der Waals surface area contributed by atoms with Gasteiger partial charge in [-0.1, -0.05) is 20.8 Å². The van der Waals surface area contributed by atoms with Gasteiger partial charge < -0.3 is 9.16 Å². The smallest absolute Gasteiger partial charge is 0.411 e. The van der Waals surface area contributed by atoms with Gasteiger partial charge in [0.2, 0.25) is 11.8 Å². The summed E-state index contributed by atoms with van der Waals surface area (Å²) < 4.78 is 53.5. The highest BCUT2D eigenvalue weighted by Crippen LogP contribution is 2.62. The van der Waals surface area contributed by atoms with Gasteiger partial charge in [-0.3, -0.25) is 9.59 Å². The van der Waals surface area contributed by atoms with E-state index in [0.717, 1.165) is 11.0 Å². The molecule has 34 heavy (non-hydrogen) atoms. The number of ether oxygens (including phenoxy) is 1. The summed E-state index contributed by atoms with van der Waals surface area (Å²) in [5.74, 6) is -2.85. The molecule has 3 fully saturated rings. The van der Waals surface area contributed by atoms with Gasteiger partial charge in [-0.2, -0.15) is 18.4 Å². The first kappa shape index (κ1) is 24.9. The Hall–Kier alpha value is -2.22. The molecule has 4 rings (SSSR count). The van der Waals surface area contributed by atoms with Crippen LogP contribution >= 0.6 is 0 Å². The maximum absolute atomic E-state index is 13.6. The van der Waals surface area contributed by atoms with Gasteiger partial charge in [0.1, 0.15) is 5.60 Å². The predicted molar refractivity (Wildman–Crippen MR) is 120 cm³/mol. The number of hydrogen-bond donors (Lipinski definition) is 0. The van der Waals surface area contributed by atoms with Crippen molar-refractivity contribution < 1.29 is 31.9 Å². The van der Waals surface area contributed by atoms with Gasteiger partial charge in [0, 0.05) is 6.42 Å². The molecule has 5 atom stereocenters. The summed E-state index contributed by atoms with van der Waals surface area (Å²) in [6.07, 6.45) is -4.79. The van der Waals surface area contributed by atoms with Crippen molar-refractivity contribution in [3.05, 3.63) is 29.3 Å². The van der Waals surface area contributed by atoms with Crippen LogP contribution in [-0.4, -0.2) is 37.4 Å². The number of rotatable bonds is 3. The molecular weight excluding hydrogens is 465 g/mol. The molecule has 0 aliphatic carbocycles. The number of nitriles is 1. The topological polar surface area (TPSA) is 79.6 Å². The second-order valence-corrected chi connectivity index (χ2v) is 16.2. The highest BCUT2D eigenvalue weighted by molar-refractivity contribution is 6.74. The third-order valence-corrected chi connectivity index (χ3v) is 12.7. The van der Waals surface area contributed by atoms with Crippen molar-refractivity contribution >= 4 is 25.8 Å². The number of halogens is 3. The zero-order valence-electron chi connectivity index (χ0n) is 20.3.